The highest BCUT2D eigenvalue weighted by atomic mass is 32.2. The standard InChI is InChI=1S/C17H20N4O3S2/c22-15-4-3-13(10-19-9-12-2-1-5-18-8-12)21(15)6-7-25-17-20-14(11-26-17)16(23)24/h1-2,5,8,11,13,19H,3-4,6-7,9-10H2,(H,23,24). The number of amides is 1. The lowest BCUT2D eigenvalue weighted by Crippen LogP contribution is -2.41. The first-order valence-corrected chi connectivity index (χ1v) is 10.2. The molecule has 3 heterocycles. The van der Waals surface area contributed by atoms with Gasteiger partial charge in [0.2, 0.25) is 5.91 Å². The van der Waals surface area contributed by atoms with Gasteiger partial charge in [0.1, 0.15) is 0 Å². The fourth-order valence-corrected chi connectivity index (χ4v) is 4.66. The number of thioether (sulfide) groups is 1. The maximum atomic E-state index is 12.1. The molecule has 2 N–H and O–H groups in total. The van der Waals surface area contributed by atoms with Crippen molar-refractivity contribution in [2.24, 2.45) is 0 Å². The van der Waals surface area contributed by atoms with E-state index in [0.29, 0.717) is 18.7 Å². The number of nitrogens with one attached hydrogen (secondary N) is 1. The van der Waals surface area contributed by atoms with Gasteiger partial charge < -0.3 is 15.3 Å². The Kier molecular flexibility index (Phi) is 6.59. The van der Waals surface area contributed by atoms with Crippen LogP contribution in [0.3, 0.4) is 0 Å². The van der Waals surface area contributed by atoms with Gasteiger partial charge in [-0.25, -0.2) is 9.78 Å². The van der Waals surface area contributed by atoms with E-state index >= 15 is 0 Å². The van der Waals surface area contributed by atoms with Gasteiger partial charge in [-0.2, -0.15) is 0 Å². The van der Waals surface area contributed by atoms with E-state index in [0.717, 1.165) is 29.4 Å². The largest absolute Gasteiger partial charge is 0.476 e. The third-order valence-corrected chi connectivity index (χ3v) is 6.15. The zero-order valence-corrected chi connectivity index (χ0v) is 15.8. The summed E-state index contributed by atoms with van der Waals surface area (Å²) in [5, 5.41) is 13.8. The number of hydrogen-bond acceptors (Lipinski definition) is 7. The molecule has 1 aliphatic heterocycles. The third-order valence-electron chi connectivity index (χ3n) is 4.14. The van der Waals surface area contributed by atoms with Crippen LogP contribution in [-0.4, -0.2) is 56.7 Å². The minimum atomic E-state index is -1.01. The number of hydrogen-bond donors (Lipinski definition) is 2. The van der Waals surface area contributed by atoms with E-state index in [-0.39, 0.29) is 17.6 Å². The molecule has 3 rings (SSSR count). The smallest absolute Gasteiger partial charge is 0.355 e. The molecule has 0 radical (unpaired) electrons. The van der Waals surface area contributed by atoms with Gasteiger partial charge in [0.15, 0.2) is 10.0 Å². The second kappa shape index (κ2) is 9.11. The third kappa shape index (κ3) is 5.03. The van der Waals surface area contributed by atoms with Gasteiger partial charge in [0.05, 0.1) is 0 Å². The fourth-order valence-electron chi connectivity index (χ4n) is 2.85. The average Bonchev–Trinajstić information content (AvgIpc) is 3.24. The van der Waals surface area contributed by atoms with Crippen molar-refractivity contribution in [3.8, 4) is 0 Å². The maximum Gasteiger partial charge on any atom is 0.355 e. The van der Waals surface area contributed by atoms with Crippen molar-refractivity contribution in [3.05, 3.63) is 41.2 Å². The zero-order valence-electron chi connectivity index (χ0n) is 14.1. The first-order chi connectivity index (χ1) is 12.6. The van der Waals surface area contributed by atoms with Crippen molar-refractivity contribution in [1.29, 1.82) is 0 Å². The van der Waals surface area contributed by atoms with Crippen LogP contribution in [0.25, 0.3) is 0 Å². The summed E-state index contributed by atoms with van der Waals surface area (Å²) in [5.41, 5.74) is 1.20. The van der Waals surface area contributed by atoms with Crippen LogP contribution in [0.1, 0.15) is 28.9 Å². The van der Waals surface area contributed by atoms with Crippen LogP contribution in [0.5, 0.6) is 0 Å². The van der Waals surface area contributed by atoms with Crippen molar-refractivity contribution in [2.75, 3.05) is 18.8 Å². The summed E-state index contributed by atoms with van der Waals surface area (Å²) < 4.78 is 0.722. The molecule has 0 saturated carbocycles. The summed E-state index contributed by atoms with van der Waals surface area (Å²) in [7, 11) is 0. The first kappa shape index (κ1) is 18.8. The molecule has 26 heavy (non-hydrogen) atoms. The molecule has 1 unspecified atom stereocenters. The molecule has 1 amide bonds. The number of aromatic nitrogens is 2. The SMILES string of the molecule is O=C(O)c1csc(SCCN2C(=O)CCC2CNCc2cccnc2)n1. The van der Waals surface area contributed by atoms with Crippen LogP contribution in [0, 0.1) is 0 Å². The summed E-state index contributed by atoms with van der Waals surface area (Å²) >= 11 is 2.81. The van der Waals surface area contributed by atoms with Gasteiger partial charge in [-0.3, -0.25) is 9.78 Å². The highest BCUT2D eigenvalue weighted by Gasteiger charge is 2.30. The number of carbonyl (C=O) groups excluding carboxylic acids is 1. The number of carbonyl (C=O) groups is 2. The van der Waals surface area contributed by atoms with E-state index in [2.05, 4.69) is 15.3 Å². The fraction of sp³-hybridized carbons (Fsp3) is 0.412. The molecule has 2 aromatic heterocycles. The monoisotopic (exact) mass is 392 g/mol. The quantitative estimate of drug-likeness (QED) is 0.631. The molecule has 1 fully saturated rings. The van der Waals surface area contributed by atoms with Crippen LogP contribution in [0.2, 0.25) is 0 Å². The minimum absolute atomic E-state index is 0.0761. The van der Waals surface area contributed by atoms with E-state index in [1.807, 2.05) is 23.2 Å². The molecule has 1 saturated heterocycles. The number of thiazole rings is 1. The van der Waals surface area contributed by atoms with Crippen LogP contribution in [0.15, 0.2) is 34.2 Å². The van der Waals surface area contributed by atoms with E-state index in [9.17, 15) is 9.59 Å². The van der Waals surface area contributed by atoms with Gasteiger partial charge in [0, 0.05) is 55.6 Å². The van der Waals surface area contributed by atoms with Gasteiger partial charge >= 0.3 is 5.97 Å². The number of pyridine rings is 1. The number of aromatic carboxylic acids is 1. The highest BCUT2D eigenvalue weighted by Crippen LogP contribution is 2.24. The van der Waals surface area contributed by atoms with E-state index < -0.39 is 5.97 Å². The maximum absolute atomic E-state index is 12.1. The molecule has 2 aromatic rings. The Morgan fingerprint density at radius 2 is 2.38 bits per heavy atom. The molecular weight excluding hydrogens is 372 g/mol. The molecule has 1 atom stereocenters. The average molecular weight is 393 g/mol. The summed E-state index contributed by atoms with van der Waals surface area (Å²) in [6, 6.07) is 4.13. The highest BCUT2D eigenvalue weighted by molar-refractivity contribution is 8.01. The van der Waals surface area contributed by atoms with Crippen LogP contribution in [-0.2, 0) is 11.3 Å². The predicted molar refractivity (Wildman–Crippen MR) is 100 cm³/mol. The number of rotatable bonds is 9. The molecular formula is C17H20N4O3S2. The molecule has 9 heteroatoms. The van der Waals surface area contributed by atoms with Crippen LogP contribution in [0.4, 0.5) is 0 Å². The molecule has 138 valence electrons. The Bertz CT molecular complexity index is 753. The zero-order chi connectivity index (χ0) is 18.4. The Balaban J connectivity index is 1.44. The molecule has 0 aromatic carbocycles. The number of nitrogens with zero attached hydrogens (tertiary/aromatic N) is 3. The molecule has 7 nitrogen and oxygen atoms in total. The van der Waals surface area contributed by atoms with Crippen molar-refractivity contribution in [3.63, 3.8) is 0 Å². The van der Waals surface area contributed by atoms with Gasteiger partial charge in [-0.05, 0) is 18.1 Å². The summed E-state index contributed by atoms with van der Waals surface area (Å²) in [5.74, 6) is -0.121. The van der Waals surface area contributed by atoms with E-state index in [1.54, 1.807) is 6.20 Å². The van der Waals surface area contributed by atoms with Crippen LogP contribution < -0.4 is 5.32 Å². The van der Waals surface area contributed by atoms with Crippen molar-refractivity contribution in [1.82, 2.24) is 20.2 Å². The summed E-state index contributed by atoms with van der Waals surface area (Å²) in [6.45, 7) is 2.13. The topological polar surface area (TPSA) is 95.4 Å². The van der Waals surface area contributed by atoms with Crippen molar-refractivity contribution >= 4 is 35.0 Å². The van der Waals surface area contributed by atoms with Gasteiger partial charge in [0.25, 0.3) is 0 Å². The van der Waals surface area contributed by atoms with E-state index in [4.69, 9.17) is 5.11 Å². The minimum Gasteiger partial charge on any atom is -0.476 e. The lowest BCUT2D eigenvalue weighted by atomic mass is 10.2. The molecule has 0 aliphatic carbocycles. The van der Waals surface area contributed by atoms with Crippen molar-refractivity contribution < 1.29 is 14.7 Å². The van der Waals surface area contributed by atoms with Crippen LogP contribution >= 0.6 is 23.1 Å². The number of carboxylic acids is 1. The Hall–Kier alpha value is -1.97. The van der Waals surface area contributed by atoms with E-state index in [1.165, 1.54) is 28.5 Å². The number of carboxylic acid groups (broad SMARTS) is 1. The van der Waals surface area contributed by atoms with Crippen molar-refractivity contribution in [2.45, 2.75) is 29.8 Å². The second-order valence-corrected chi connectivity index (χ2v) is 8.12. The molecule has 0 spiro atoms. The second-order valence-electron chi connectivity index (χ2n) is 5.92. The molecule has 0 bridgehead atoms. The first-order valence-electron chi connectivity index (χ1n) is 8.34. The Labute approximate surface area is 159 Å². The Morgan fingerprint density at radius 1 is 1.50 bits per heavy atom. The molecule has 1 aliphatic rings. The Morgan fingerprint density at radius 3 is 3.12 bits per heavy atom. The van der Waals surface area contributed by atoms with Gasteiger partial charge in [-0.1, -0.05) is 17.8 Å². The number of likely N-dealkylation sites (tertiary alicyclic amines) is 1. The lowest BCUT2D eigenvalue weighted by Gasteiger charge is -2.25. The summed E-state index contributed by atoms with van der Waals surface area (Å²) in [4.78, 5) is 33.1. The predicted octanol–water partition coefficient (Wildman–Crippen LogP) is 2.11. The van der Waals surface area contributed by atoms with Gasteiger partial charge in [-0.15, -0.1) is 11.3 Å². The lowest BCUT2D eigenvalue weighted by molar-refractivity contribution is -0.128. The summed E-state index contributed by atoms with van der Waals surface area (Å²) in [6.07, 6.45) is 5.04. The normalized spacial score (nSPS) is 17.0.